The maximum atomic E-state index is 12.2. The van der Waals surface area contributed by atoms with Gasteiger partial charge in [-0.05, 0) is 43.9 Å². The number of nitrogens with zero attached hydrogens (tertiary/aromatic N) is 1. The summed E-state index contributed by atoms with van der Waals surface area (Å²) in [6.07, 6.45) is 3.74. The number of fused-ring (bicyclic) bond motifs is 1. The van der Waals surface area contributed by atoms with E-state index in [2.05, 4.69) is 10.3 Å². The van der Waals surface area contributed by atoms with Crippen molar-refractivity contribution >= 4 is 17.0 Å². The number of benzene rings is 1. The van der Waals surface area contributed by atoms with E-state index in [-0.39, 0.29) is 11.8 Å². The van der Waals surface area contributed by atoms with Crippen molar-refractivity contribution in [2.75, 3.05) is 13.1 Å². The smallest absolute Gasteiger partial charge is 0.223 e. The monoisotopic (exact) mass is 301 g/mol. The van der Waals surface area contributed by atoms with Gasteiger partial charge in [-0.3, -0.25) is 4.79 Å². The Hall–Kier alpha value is -1.88. The molecular formula is C17H23N3O2. The SMILES string of the molecule is Cc1cccc2oc(CCNC(=O)[C@@H]3CCC[C@@H]3CN)nc12. The van der Waals surface area contributed by atoms with Crippen LogP contribution in [-0.2, 0) is 11.2 Å². The molecule has 0 radical (unpaired) electrons. The van der Waals surface area contributed by atoms with Crippen LogP contribution in [0.15, 0.2) is 22.6 Å². The molecule has 3 rings (SSSR count). The second-order valence-corrected chi connectivity index (χ2v) is 6.10. The van der Waals surface area contributed by atoms with Crippen LogP contribution in [-0.4, -0.2) is 24.0 Å². The molecule has 1 aliphatic rings. The normalized spacial score (nSPS) is 21.4. The van der Waals surface area contributed by atoms with Gasteiger partial charge >= 0.3 is 0 Å². The molecule has 1 aromatic heterocycles. The van der Waals surface area contributed by atoms with Gasteiger partial charge in [0, 0.05) is 18.9 Å². The van der Waals surface area contributed by atoms with Crippen LogP contribution < -0.4 is 11.1 Å². The molecule has 1 fully saturated rings. The van der Waals surface area contributed by atoms with Gasteiger partial charge in [-0.1, -0.05) is 18.6 Å². The van der Waals surface area contributed by atoms with Crippen LogP contribution in [0.4, 0.5) is 0 Å². The van der Waals surface area contributed by atoms with E-state index in [0.717, 1.165) is 35.9 Å². The van der Waals surface area contributed by atoms with E-state index in [1.165, 1.54) is 0 Å². The average Bonchev–Trinajstić information content (AvgIpc) is 3.13. The maximum Gasteiger partial charge on any atom is 0.223 e. The van der Waals surface area contributed by atoms with Crippen molar-refractivity contribution in [3.63, 3.8) is 0 Å². The van der Waals surface area contributed by atoms with E-state index < -0.39 is 0 Å². The molecule has 5 heteroatoms. The van der Waals surface area contributed by atoms with Gasteiger partial charge in [0.2, 0.25) is 5.91 Å². The maximum absolute atomic E-state index is 12.2. The van der Waals surface area contributed by atoms with Crippen LogP contribution in [0.25, 0.3) is 11.1 Å². The topological polar surface area (TPSA) is 81.2 Å². The van der Waals surface area contributed by atoms with Gasteiger partial charge in [0.25, 0.3) is 0 Å². The average molecular weight is 301 g/mol. The molecule has 22 heavy (non-hydrogen) atoms. The van der Waals surface area contributed by atoms with Gasteiger partial charge in [0.05, 0.1) is 0 Å². The van der Waals surface area contributed by atoms with E-state index in [0.29, 0.717) is 31.3 Å². The Morgan fingerprint density at radius 1 is 1.45 bits per heavy atom. The van der Waals surface area contributed by atoms with Crippen molar-refractivity contribution in [1.82, 2.24) is 10.3 Å². The number of rotatable bonds is 5. The first-order chi connectivity index (χ1) is 10.7. The summed E-state index contributed by atoms with van der Waals surface area (Å²) in [7, 11) is 0. The zero-order chi connectivity index (χ0) is 15.5. The molecule has 0 bridgehead atoms. The summed E-state index contributed by atoms with van der Waals surface area (Å²) >= 11 is 0. The summed E-state index contributed by atoms with van der Waals surface area (Å²) in [5.41, 5.74) is 8.55. The van der Waals surface area contributed by atoms with Crippen LogP contribution in [0.5, 0.6) is 0 Å². The minimum absolute atomic E-state index is 0.0795. The summed E-state index contributed by atoms with van der Waals surface area (Å²) in [4.78, 5) is 16.7. The number of aromatic nitrogens is 1. The number of hydrogen-bond donors (Lipinski definition) is 2. The lowest BCUT2D eigenvalue weighted by atomic mass is 9.95. The second-order valence-electron chi connectivity index (χ2n) is 6.10. The number of nitrogens with two attached hydrogens (primary N) is 1. The van der Waals surface area contributed by atoms with Crippen molar-refractivity contribution < 1.29 is 9.21 Å². The quantitative estimate of drug-likeness (QED) is 0.887. The zero-order valence-corrected chi connectivity index (χ0v) is 13.0. The van der Waals surface area contributed by atoms with E-state index in [1.807, 2.05) is 25.1 Å². The summed E-state index contributed by atoms with van der Waals surface area (Å²) in [5, 5.41) is 3.00. The highest BCUT2D eigenvalue weighted by Crippen LogP contribution is 2.30. The lowest BCUT2D eigenvalue weighted by Gasteiger charge is -2.16. The summed E-state index contributed by atoms with van der Waals surface area (Å²) in [6, 6.07) is 5.90. The number of para-hydroxylation sites is 1. The first kappa shape index (κ1) is 15.0. The second kappa shape index (κ2) is 6.48. The van der Waals surface area contributed by atoms with Crippen molar-refractivity contribution in [1.29, 1.82) is 0 Å². The van der Waals surface area contributed by atoms with E-state index in [1.54, 1.807) is 0 Å². The number of aryl methyl sites for hydroxylation is 1. The summed E-state index contributed by atoms with van der Waals surface area (Å²) in [6.45, 7) is 3.17. The van der Waals surface area contributed by atoms with Gasteiger partial charge in [0.15, 0.2) is 11.5 Å². The molecule has 3 N–H and O–H groups in total. The molecular weight excluding hydrogens is 278 g/mol. The van der Waals surface area contributed by atoms with Gasteiger partial charge in [0.1, 0.15) is 5.52 Å². The first-order valence-electron chi connectivity index (χ1n) is 8.02. The number of carbonyl (C=O) groups excluding carboxylic acids is 1. The molecule has 5 nitrogen and oxygen atoms in total. The zero-order valence-electron chi connectivity index (χ0n) is 13.0. The summed E-state index contributed by atoms with van der Waals surface area (Å²) in [5.74, 6) is 1.22. The fourth-order valence-corrected chi connectivity index (χ4v) is 3.33. The molecule has 0 saturated heterocycles. The van der Waals surface area contributed by atoms with Crippen molar-refractivity contribution in [3.05, 3.63) is 29.7 Å². The van der Waals surface area contributed by atoms with Crippen LogP contribution in [0, 0.1) is 18.8 Å². The molecule has 2 aromatic rings. The van der Waals surface area contributed by atoms with Crippen molar-refractivity contribution in [2.45, 2.75) is 32.6 Å². The molecule has 2 atom stereocenters. The Bertz CT molecular complexity index is 665. The van der Waals surface area contributed by atoms with Gasteiger partial charge in [-0.2, -0.15) is 0 Å². The van der Waals surface area contributed by atoms with Crippen molar-refractivity contribution in [2.24, 2.45) is 17.6 Å². The fraction of sp³-hybridized carbons (Fsp3) is 0.529. The van der Waals surface area contributed by atoms with E-state index in [4.69, 9.17) is 10.2 Å². The van der Waals surface area contributed by atoms with E-state index in [9.17, 15) is 4.79 Å². The van der Waals surface area contributed by atoms with Gasteiger partial charge in [-0.15, -0.1) is 0 Å². The molecule has 1 heterocycles. The highest BCUT2D eigenvalue weighted by atomic mass is 16.3. The molecule has 0 spiro atoms. The molecule has 0 unspecified atom stereocenters. The Labute approximate surface area is 130 Å². The highest BCUT2D eigenvalue weighted by molar-refractivity contribution is 5.79. The van der Waals surface area contributed by atoms with Crippen molar-refractivity contribution in [3.8, 4) is 0 Å². The highest BCUT2D eigenvalue weighted by Gasteiger charge is 2.31. The largest absolute Gasteiger partial charge is 0.441 e. The van der Waals surface area contributed by atoms with Crippen LogP contribution in [0.1, 0.15) is 30.7 Å². The third kappa shape index (κ3) is 2.99. The third-order valence-corrected chi connectivity index (χ3v) is 4.60. The molecule has 1 saturated carbocycles. The molecule has 1 aromatic carbocycles. The van der Waals surface area contributed by atoms with Crippen LogP contribution >= 0.6 is 0 Å². The Kier molecular flexibility index (Phi) is 4.43. The molecule has 1 amide bonds. The minimum atomic E-state index is 0.0795. The Morgan fingerprint density at radius 3 is 3.09 bits per heavy atom. The molecule has 1 aliphatic carbocycles. The number of oxazole rings is 1. The first-order valence-corrected chi connectivity index (χ1v) is 8.02. The predicted molar refractivity (Wildman–Crippen MR) is 85.3 cm³/mol. The van der Waals surface area contributed by atoms with Crippen LogP contribution in [0.3, 0.4) is 0 Å². The predicted octanol–water partition coefficient (Wildman–Crippen LogP) is 2.17. The Balaban J connectivity index is 1.56. The number of nitrogens with one attached hydrogen (secondary N) is 1. The molecule has 118 valence electrons. The summed E-state index contributed by atoms with van der Waals surface area (Å²) < 4.78 is 5.72. The number of amides is 1. The standard InChI is InChI=1S/C17H23N3O2/c1-11-4-2-7-14-16(11)20-15(22-14)8-9-19-17(21)13-6-3-5-12(13)10-18/h2,4,7,12-13H,3,5-6,8-10,18H2,1H3,(H,19,21)/t12-,13-/m1/s1. The Morgan fingerprint density at radius 2 is 2.32 bits per heavy atom. The van der Waals surface area contributed by atoms with Crippen LogP contribution in [0.2, 0.25) is 0 Å². The minimum Gasteiger partial charge on any atom is -0.441 e. The third-order valence-electron chi connectivity index (χ3n) is 4.60. The van der Waals surface area contributed by atoms with Gasteiger partial charge in [-0.25, -0.2) is 4.98 Å². The lowest BCUT2D eigenvalue weighted by molar-refractivity contribution is -0.125. The number of hydrogen-bond acceptors (Lipinski definition) is 4. The lowest BCUT2D eigenvalue weighted by Crippen LogP contribution is -2.36. The van der Waals surface area contributed by atoms with E-state index >= 15 is 0 Å². The number of carbonyl (C=O) groups is 1. The van der Waals surface area contributed by atoms with Gasteiger partial charge < -0.3 is 15.5 Å². The molecule has 0 aliphatic heterocycles. The fourth-order valence-electron chi connectivity index (χ4n) is 3.33.